The Kier molecular flexibility index (Phi) is 8.08. The maximum Gasteiger partial charge on any atom is 0.419 e. The van der Waals surface area contributed by atoms with Gasteiger partial charge < -0.3 is 19.5 Å². The number of halogens is 6. The number of nitrogens with zero attached hydrogens (tertiary/aromatic N) is 2. The highest BCUT2D eigenvalue weighted by atomic mass is 19.4. The predicted molar refractivity (Wildman–Crippen MR) is 148 cm³/mol. The van der Waals surface area contributed by atoms with Crippen molar-refractivity contribution in [3.8, 4) is 5.75 Å². The van der Waals surface area contributed by atoms with E-state index in [2.05, 4.69) is 11.8 Å². The van der Waals surface area contributed by atoms with Crippen molar-refractivity contribution in [1.29, 1.82) is 0 Å². The molecule has 4 atom stereocenters. The number of amides is 1. The largest absolute Gasteiger partial charge is 0.478 e. The topological polar surface area (TPSA) is 79.3 Å². The molecule has 2 aromatic carbocycles. The van der Waals surface area contributed by atoms with Gasteiger partial charge in [-0.05, 0) is 86.2 Å². The number of benzene rings is 2. The number of carbonyl (C=O) groups excluding carboxylic acids is 1. The van der Waals surface area contributed by atoms with Crippen molar-refractivity contribution in [1.82, 2.24) is 9.80 Å². The lowest BCUT2D eigenvalue weighted by molar-refractivity contribution is -0.181. The summed E-state index contributed by atoms with van der Waals surface area (Å²) in [5, 5.41) is 9.38. The standard InChI is InChI=1S/C32H34F6N2O5/c1-18-14-39(10-8-25(18)19-3-2-4-20(11-19)28(41)42)24-7-9-30(45-16-24,22-5-6-22)29(43)40-15-21-12-23(31(33,34)35)13-26(32(36,37)38)27(21)44-17-40/h2-4,11-13,18,22,24-25H,5-10,14-17H2,1H3,(H,41,42)/t18-,24+,25?,30-/m0/s1. The van der Waals surface area contributed by atoms with Crippen LogP contribution in [0.5, 0.6) is 5.75 Å². The molecule has 45 heavy (non-hydrogen) atoms. The van der Waals surface area contributed by atoms with Crippen LogP contribution in [0.4, 0.5) is 26.3 Å². The van der Waals surface area contributed by atoms with Crippen LogP contribution in [0.1, 0.15) is 77.6 Å². The van der Waals surface area contributed by atoms with Crippen molar-refractivity contribution in [2.24, 2.45) is 11.8 Å². The number of piperidine rings is 1. The SMILES string of the molecule is C[C@H]1CN([C@@H]2CC[C@@](C(=O)N3COc4c(cc(C(F)(F)F)cc4C(F)(F)F)C3)(C3CC3)OC2)CCC1c1cccc(C(=O)O)c1. The highest BCUT2D eigenvalue weighted by Gasteiger charge is 2.56. The lowest BCUT2D eigenvalue weighted by atomic mass is 9.79. The molecule has 7 nitrogen and oxygen atoms in total. The first-order valence-corrected chi connectivity index (χ1v) is 15.1. The minimum Gasteiger partial charge on any atom is -0.478 e. The van der Waals surface area contributed by atoms with Gasteiger partial charge in [-0.1, -0.05) is 19.1 Å². The number of carboxylic acid groups (broad SMARTS) is 1. The number of carbonyl (C=O) groups is 2. The maximum atomic E-state index is 14.0. The number of ether oxygens (including phenoxy) is 2. The van der Waals surface area contributed by atoms with Gasteiger partial charge in [0.1, 0.15) is 11.4 Å². The summed E-state index contributed by atoms with van der Waals surface area (Å²) in [7, 11) is 0. The molecule has 1 aliphatic carbocycles. The molecule has 244 valence electrons. The molecule has 0 radical (unpaired) electrons. The summed E-state index contributed by atoms with van der Waals surface area (Å²) in [6, 6.07) is 7.73. The number of rotatable bonds is 5. The molecule has 0 spiro atoms. The third-order valence-electron chi connectivity index (χ3n) is 9.81. The van der Waals surface area contributed by atoms with E-state index in [9.17, 15) is 41.0 Å². The van der Waals surface area contributed by atoms with Crippen molar-refractivity contribution in [3.05, 3.63) is 64.2 Å². The van der Waals surface area contributed by atoms with Gasteiger partial charge in [0.15, 0.2) is 6.73 Å². The second-order valence-electron chi connectivity index (χ2n) is 12.7. The molecular weight excluding hydrogens is 606 g/mol. The van der Waals surface area contributed by atoms with Gasteiger partial charge in [0.2, 0.25) is 0 Å². The van der Waals surface area contributed by atoms with E-state index >= 15 is 0 Å². The Hall–Kier alpha value is -3.32. The van der Waals surface area contributed by atoms with Crippen LogP contribution in [-0.4, -0.2) is 64.9 Å². The van der Waals surface area contributed by atoms with Crippen molar-refractivity contribution >= 4 is 11.9 Å². The molecule has 3 aliphatic heterocycles. The third kappa shape index (κ3) is 6.13. The van der Waals surface area contributed by atoms with Crippen LogP contribution in [0.15, 0.2) is 36.4 Å². The highest BCUT2D eigenvalue weighted by molar-refractivity contribution is 5.88. The van der Waals surface area contributed by atoms with E-state index in [-0.39, 0.29) is 47.6 Å². The lowest BCUT2D eigenvalue weighted by Crippen LogP contribution is -2.59. The smallest absolute Gasteiger partial charge is 0.419 e. The van der Waals surface area contributed by atoms with E-state index in [1.807, 2.05) is 6.07 Å². The number of alkyl halides is 6. The van der Waals surface area contributed by atoms with Crippen LogP contribution < -0.4 is 4.74 Å². The first kappa shape index (κ1) is 31.7. The van der Waals surface area contributed by atoms with E-state index in [4.69, 9.17) is 9.47 Å². The quantitative estimate of drug-likeness (QED) is 0.374. The first-order valence-electron chi connectivity index (χ1n) is 15.1. The zero-order valence-electron chi connectivity index (χ0n) is 24.6. The number of aromatic carboxylic acids is 1. The Morgan fingerprint density at radius 1 is 1.00 bits per heavy atom. The Morgan fingerprint density at radius 3 is 2.36 bits per heavy atom. The lowest BCUT2D eigenvalue weighted by Gasteiger charge is -2.47. The van der Waals surface area contributed by atoms with Gasteiger partial charge in [-0.2, -0.15) is 26.3 Å². The van der Waals surface area contributed by atoms with Gasteiger partial charge in [-0.15, -0.1) is 0 Å². The zero-order valence-corrected chi connectivity index (χ0v) is 24.6. The summed E-state index contributed by atoms with van der Waals surface area (Å²) < 4.78 is 93.1. The summed E-state index contributed by atoms with van der Waals surface area (Å²) >= 11 is 0. The molecular formula is C32H34F6N2O5. The molecule has 1 amide bonds. The van der Waals surface area contributed by atoms with Crippen molar-refractivity contribution < 1.29 is 50.5 Å². The van der Waals surface area contributed by atoms with Gasteiger partial charge in [0.05, 0.1) is 29.8 Å². The number of likely N-dealkylation sites (tertiary alicyclic amines) is 1. The van der Waals surface area contributed by atoms with Crippen LogP contribution in [-0.2, 0) is 28.4 Å². The molecule has 1 unspecified atom stereocenters. The maximum absolute atomic E-state index is 14.0. The van der Waals surface area contributed by atoms with Crippen molar-refractivity contribution in [3.63, 3.8) is 0 Å². The Balaban J connectivity index is 1.14. The first-order chi connectivity index (χ1) is 21.2. The number of carboxylic acids is 1. The third-order valence-corrected chi connectivity index (χ3v) is 9.81. The van der Waals surface area contributed by atoms with Gasteiger partial charge in [0.25, 0.3) is 5.91 Å². The average molecular weight is 641 g/mol. The fraction of sp³-hybridized carbons (Fsp3) is 0.562. The predicted octanol–water partition coefficient (Wildman–Crippen LogP) is 6.55. The summed E-state index contributed by atoms with van der Waals surface area (Å²) in [5.74, 6) is -1.75. The highest BCUT2D eigenvalue weighted by Crippen LogP contribution is 2.50. The van der Waals surface area contributed by atoms with Crippen LogP contribution >= 0.6 is 0 Å². The Bertz CT molecular complexity index is 1460. The molecule has 2 aromatic rings. The van der Waals surface area contributed by atoms with Gasteiger partial charge in [-0.25, -0.2) is 4.79 Å². The summed E-state index contributed by atoms with van der Waals surface area (Å²) in [6.07, 6.45) is -6.72. The van der Waals surface area contributed by atoms with Crippen molar-refractivity contribution in [2.75, 3.05) is 26.4 Å². The van der Waals surface area contributed by atoms with E-state index in [0.717, 1.165) is 37.9 Å². The molecule has 3 heterocycles. The number of hydrogen-bond donors (Lipinski definition) is 1. The minimum absolute atomic E-state index is 0.0421. The average Bonchev–Trinajstić information content (AvgIpc) is 3.85. The monoisotopic (exact) mass is 640 g/mol. The van der Waals surface area contributed by atoms with E-state index in [0.29, 0.717) is 18.9 Å². The molecule has 0 bridgehead atoms. The minimum atomic E-state index is -5.07. The Morgan fingerprint density at radius 2 is 1.76 bits per heavy atom. The summed E-state index contributed by atoms with van der Waals surface area (Å²) in [4.78, 5) is 28.9. The molecule has 2 saturated heterocycles. The second kappa shape index (κ2) is 11.5. The molecule has 4 aliphatic rings. The van der Waals surface area contributed by atoms with E-state index < -0.39 is 60.0 Å². The summed E-state index contributed by atoms with van der Waals surface area (Å²) in [6.45, 7) is 2.97. The van der Waals surface area contributed by atoms with Gasteiger partial charge in [0, 0.05) is 18.2 Å². The van der Waals surface area contributed by atoms with Gasteiger partial charge >= 0.3 is 18.3 Å². The molecule has 13 heteroatoms. The van der Waals surface area contributed by atoms with Crippen LogP contribution in [0.2, 0.25) is 0 Å². The fourth-order valence-electron chi connectivity index (χ4n) is 7.33. The Labute approximate surface area is 256 Å². The fourth-order valence-corrected chi connectivity index (χ4v) is 7.33. The molecule has 0 aromatic heterocycles. The second-order valence-corrected chi connectivity index (χ2v) is 12.7. The molecule has 6 rings (SSSR count). The number of hydrogen-bond acceptors (Lipinski definition) is 5. The van der Waals surface area contributed by atoms with E-state index in [1.165, 1.54) is 4.90 Å². The van der Waals surface area contributed by atoms with Crippen molar-refractivity contribution in [2.45, 2.75) is 75.5 Å². The molecule has 1 N–H and O–H groups in total. The zero-order chi connectivity index (χ0) is 32.3. The van der Waals surface area contributed by atoms with E-state index in [1.54, 1.807) is 18.2 Å². The van der Waals surface area contributed by atoms with Crippen LogP contribution in [0, 0.1) is 11.8 Å². The molecule has 3 fully saturated rings. The van der Waals surface area contributed by atoms with Crippen LogP contribution in [0.3, 0.4) is 0 Å². The van der Waals surface area contributed by atoms with Crippen LogP contribution in [0.25, 0.3) is 0 Å². The van der Waals surface area contributed by atoms with Gasteiger partial charge in [-0.3, -0.25) is 9.69 Å². The number of fused-ring (bicyclic) bond motifs is 1. The summed E-state index contributed by atoms with van der Waals surface area (Å²) in [5.41, 5.74) is -3.26. The molecule has 1 saturated carbocycles. The normalized spacial score (nSPS) is 27.9.